The van der Waals surface area contributed by atoms with E-state index >= 15 is 4.39 Å². The Bertz CT molecular complexity index is 2190. The smallest absolute Gasteiger partial charge is 0.255 e. The van der Waals surface area contributed by atoms with Gasteiger partial charge in [-0.1, -0.05) is 18.2 Å². The van der Waals surface area contributed by atoms with Crippen LogP contribution >= 0.6 is 0 Å². The maximum Gasteiger partial charge on any atom is 0.255 e. The van der Waals surface area contributed by atoms with Crippen LogP contribution in [0, 0.1) is 17.6 Å². The molecule has 0 bridgehead atoms. The number of carbonyl (C=O) groups excluding carboxylic acids is 3. The van der Waals surface area contributed by atoms with Crippen molar-refractivity contribution >= 4 is 35.0 Å². The number of hydrogen-bond acceptors (Lipinski definition) is 10. The van der Waals surface area contributed by atoms with Crippen LogP contribution in [-0.4, -0.2) is 87.9 Å². The van der Waals surface area contributed by atoms with E-state index in [0.29, 0.717) is 59.6 Å². The lowest BCUT2D eigenvalue weighted by Gasteiger charge is -2.42. The first-order valence-electron chi connectivity index (χ1n) is 20.4. The molecule has 15 heteroatoms. The van der Waals surface area contributed by atoms with Gasteiger partial charge in [0.1, 0.15) is 17.6 Å². The van der Waals surface area contributed by atoms with Gasteiger partial charge in [0, 0.05) is 79.7 Å². The summed E-state index contributed by atoms with van der Waals surface area (Å²) >= 11 is 0. The number of H-pyrrole nitrogens is 1. The van der Waals surface area contributed by atoms with Crippen molar-refractivity contribution in [1.29, 1.82) is 0 Å². The Labute approximate surface area is 335 Å². The Hall–Kier alpha value is -5.70. The van der Waals surface area contributed by atoms with Crippen LogP contribution in [0.25, 0.3) is 22.4 Å². The van der Waals surface area contributed by atoms with Gasteiger partial charge in [0.05, 0.1) is 11.9 Å². The number of benzene rings is 2. The van der Waals surface area contributed by atoms with Gasteiger partial charge in [-0.2, -0.15) is 0 Å². The number of carbonyl (C=O) groups is 3. The highest BCUT2D eigenvalue weighted by Gasteiger charge is 2.33. The minimum absolute atomic E-state index is 0.000397. The Morgan fingerprint density at radius 1 is 0.776 bits per heavy atom. The summed E-state index contributed by atoms with van der Waals surface area (Å²) in [7, 11) is 0. The van der Waals surface area contributed by atoms with Crippen LogP contribution < -0.4 is 31.7 Å². The molecule has 4 heterocycles. The van der Waals surface area contributed by atoms with Crippen molar-refractivity contribution in [2.75, 3.05) is 41.7 Å². The molecule has 4 fully saturated rings. The number of nitrogens with zero attached hydrogens (tertiary/aromatic N) is 4. The van der Waals surface area contributed by atoms with Gasteiger partial charge in [-0.15, -0.1) is 0 Å². The van der Waals surface area contributed by atoms with Crippen molar-refractivity contribution in [3.63, 3.8) is 0 Å². The van der Waals surface area contributed by atoms with E-state index in [9.17, 15) is 23.6 Å². The summed E-state index contributed by atoms with van der Waals surface area (Å²) in [5.74, 6) is -1.10. The zero-order valence-electron chi connectivity index (χ0n) is 32.3. The van der Waals surface area contributed by atoms with Crippen molar-refractivity contribution in [2.45, 2.75) is 88.4 Å². The van der Waals surface area contributed by atoms with Crippen molar-refractivity contribution in [2.24, 2.45) is 5.92 Å². The molecule has 58 heavy (non-hydrogen) atoms. The number of aromatic amines is 1. The lowest BCUT2D eigenvalue weighted by Crippen LogP contribution is -2.52. The third kappa shape index (κ3) is 9.04. The standard InChI is InChI=1S/C43H49F2N9O4/c44-34-24-31(48-36-15-17-38(55)51-42(36)58)12-16-37(34)54-21-19-53(20-22-54)32-13-6-26(7-14-32)40(56)49-29-8-10-30(11-9-29)50-43-47-25-35(45)39(52-43)28-4-1-3-27(23-28)33-5-2-18-46-41(33)57/h1-5,12,16,18,23-26,29-30,32,36,48H,6-11,13-15,17,19-22H2,(H,46,57)(H,49,56)(H,47,50,52)(H,51,55,58). The summed E-state index contributed by atoms with van der Waals surface area (Å²) in [4.78, 5) is 65.2. The molecule has 2 aromatic heterocycles. The second-order valence-corrected chi connectivity index (χ2v) is 15.9. The van der Waals surface area contributed by atoms with Crippen LogP contribution in [0.5, 0.6) is 0 Å². The number of aromatic nitrogens is 3. The van der Waals surface area contributed by atoms with E-state index < -0.39 is 11.9 Å². The summed E-state index contributed by atoms with van der Waals surface area (Å²) in [6.45, 7) is 3.05. The van der Waals surface area contributed by atoms with Gasteiger partial charge in [-0.05, 0) is 99.7 Å². The molecule has 304 valence electrons. The minimum atomic E-state index is -0.565. The van der Waals surface area contributed by atoms with Crippen molar-refractivity contribution in [1.82, 2.24) is 30.5 Å². The molecule has 2 aliphatic carbocycles. The Morgan fingerprint density at radius 3 is 2.28 bits per heavy atom. The van der Waals surface area contributed by atoms with Crippen molar-refractivity contribution in [3.05, 3.63) is 89.0 Å². The number of amides is 3. The highest BCUT2D eigenvalue weighted by atomic mass is 19.1. The molecule has 0 radical (unpaired) electrons. The first kappa shape index (κ1) is 39.1. The summed E-state index contributed by atoms with van der Waals surface area (Å²) in [6.07, 6.45) is 10.3. The van der Waals surface area contributed by atoms with Gasteiger partial charge in [0.15, 0.2) is 5.82 Å². The molecule has 2 saturated heterocycles. The maximum atomic E-state index is 15.2. The molecule has 0 spiro atoms. The molecule has 1 atom stereocenters. The fraction of sp³-hybridized carbons (Fsp3) is 0.442. The average molecular weight is 794 g/mol. The van der Waals surface area contributed by atoms with Gasteiger partial charge < -0.3 is 25.8 Å². The molecular weight excluding hydrogens is 745 g/mol. The molecule has 2 saturated carbocycles. The van der Waals surface area contributed by atoms with Gasteiger partial charge in [0.2, 0.25) is 23.7 Å². The zero-order valence-corrected chi connectivity index (χ0v) is 32.3. The third-order valence-corrected chi connectivity index (χ3v) is 12.2. The first-order valence-corrected chi connectivity index (χ1v) is 20.4. The fourth-order valence-electron chi connectivity index (χ4n) is 8.92. The largest absolute Gasteiger partial charge is 0.374 e. The van der Waals surface area contributed by atoms with Crippen LogP contribution in [0.4, 0.5) is 26.1 Å². The Kier molecular flexibility index (Phi) is 11.8. The average Bonchev–Trinajstić information content (AvgIpc) is 3.24. The van der Waals surface area contributed by atoms with E-state index in [-0.39, 0.29) is 59.2 Å². The van der Waals surface area contributed by atoms with Crippen LogP contribution in [0.3, 0.4) is 0 Å². The molecule has 2 aliphatic heterocycles. The van der Waals surface area contributed by atoms with E-state index in [1.165, 1.54) is 12.3 Å². The second-order valence-electron chi connectivity index (χ2n) is 15.9. The molecule has 4 aliphatic rings. The molecule has 8 rings (SSSR count). The number of halogens is 2. The molecule has 2 aromatic carbocycles. The highest BCUT2D eigenvalue weighted by Crippen LogP contribution is 2.32. The SMILES string of the molecule is O=C1CCC(Nc2ccc(N3CCN(C4CCC(C(=O)NC5CCC(Nc6ncc(F)c(-c7cccc(-c8ccc[nH]c8=O)c7)n6)CC5)CC4)CC3)c(F)c2)C(=O)N1. The summed E-state index contributed by atoms with van der Waals surface area (Å²) in [6, 6.07) is 15.5. The highest BCUT2D eigenvalue weighted by molar-refractivity contribution is 6.01. The zero-order chi connectivity index (χ0) is 40.2. The number of hydrogen-bond donors (Lipinski definition) is 5. The van der Waals surface area contributed by atoms with E-state index in [0.717, 1.165) is 64.5 Å². The fourth-order valence-corrected chi connectivity index (χ4v) is 8.92. The maximum absolute atomic E-state index is 15.2. The number of nitrogens with one attached hydrogen (secondary N) is 5. The molecule has 5 N–H and O–H groups in total. The predicted molar refractivity (Wildman–Crippen MR) is 217 cm³/mol. The van der Waals surface area contributed by atoms with E-state index in [1.54, 1.807) is 54.7 Å². The van der Waals surface area contributed by atoms with Crippen LogP contribution in [0.15, 0.2) is 71.8 Å². The Morgan fingerprint density at radius 2 is 1.53 bits per heavy atom. The van der Waals surface area contributed by atoms with Crippen molar-refractivity contribution < 1.29 is 23.2 Å². The van der Waals surface area contributed by atoms with Crippen LogP contribution in [-0.2, 0) is 14.4 Å². The van der Waals surface area contributed by atoms with Crippen LogP contribution in [0.1, 0.15) is 64.2 Å². The summed E-state index contributed by atoms with van der Waals surface area (Å²) in [5.41, 5.74) is 2.68. The number of anilines is 3. The molecule has 13 nitrogen and oxygen atoms in total. The third-order valence-electron chi connectivity index (χ3n) is 12.2. The Balaban J connectivity index is 0.760. The lowest BCUT2D eigenvalue weighted by molar-refractivity contribution is -0.133. The minimum Gasteiger partial charge on any atom is -0.374 e. The number of imide groups is 1. The molecule has 4 aromatic rings. The van der Waals surface area contributed by atoms with Crippen LogP contribution in [0.2, 0.25) is 0 Å². The van der Waals surface area contributed by atoms with E-state index in [2.05, 4.69) is 46.0 Å². The second kappa shape index (κ2) is 17.4. The van der Waals surface area contributed by atoms with Gasteiger partial charge in [-0.3, -0.25) is 29.4 Å². The first-order chi connectivity index (χ1) is 28.2. The van der Waals surface area contributed by atoms with E-state index in [1.807, 2.05) is 0 Å². The molecule has 1 unspecified atom stereocenters. The quantitative estimate of drug-likeness (QED) is 0.135. The topological polar surface area (TPSA) is 164 Å². The summed E-state index contributed by atoms with van der Waals surface area (Å²) in [5, 5.41) is 12.1. The van der Waals surface area contributed by atoms with Gasteiger partial charge in [-0.25, -0.2) is 18.7 Å². The monoisotopic (exact) mass is 793 g/mol. The van der Waals surface area contributed by atoms with E-state index in [4.69, 9.17) is 0 Å². The van der Waals surface area contributed by atoms with Gasteiger partial charge in [0.25, 0.3) is 5.56 Å². The number of rotatable bonds is 10. The number of piperidine rings is 1. The predicted octanol–water partition coefficient (Wildman–Crippen LogP) is 5.21. The number of pyridine rings is 1. The normalized spacial score (nSPS) is 24.2. The lowest BCUT2D eigenvalue weighted by atomic mass is 9.83. The summed E-state index contributed by atoms with van der Waals surface area (Å²) < 4.78 is 30.2. The van der Waals surface area contributed by atoms with Gasteiger partial charge >= 0.3 is 0 Å². The van der Waals surface area contributed by atoms with Crippen molar-refractivity contribution in [3.8, 4) is 22.4 Å². The number of piperazine rings is 1. The molecular formula is C43H49F2N9O4. The molecule has 3 amide bonds.